The number of nitroso groups, excluding NO2 is 1. The van der Waals surface area contributed by atoms with Gasteiger partial charge in [0.1, 0.15) is 0 Å². The Morgan fingerprint density at radius 2 is 2.00 bits per heavy atom. The number of nitrogens with zero attached hydrogens (tertiary/aromatic N) is 1. The Hall–Kier alpha value is -1.39. The molecule has 5 heteroatoms. The van der Waals surface area contributed by atoms with Crippen molar-refractivity contribution in [1.82, 2.24) is 0 Å². The van der Waals surface area contributed by atoms with Crippen molar-refractivity contribution in [3.63, 3.8) is 0 Å². The Kier molecular flexibility index (Phi) is 2.72. The Morgan fingerprint density at radius 1 is 1.35 bits per heavy atom. The number of halogens is 3. The molecule has 1 fully saturated rings. The fourth-order valence-corrected chi connectivity index (χ4v) is 2.19. The van der Waals surface area contributed by atoms with Crippen LogP contribution in [-0.2, 0) is 11.6 Å². The zero-order valence-corrected chi connectivity index (χ0v) is 9.29. The van der Waals surface area contributed by atoms with E-state index in [4.69, 9.17) is 0 Å². The zero-order chi connectivity index (χ0) is 12.7. The molecule has 0 amide bonds. The molecule has 1 unspecified atom stereocenters. The predicted molar refractivity (Wildman–Crippen MR) is 57.6 cm³/mol. The molecule has 2 rings (SSSR count). The van der Waals surface area contributed by atoms with E-state index in [0.717, 1.165) is 25.0 Å². The average Bonchev–Trinajstić information content (AvgIpc) is 3.08. The van der Waals surface area contributed by atoms with E-state index in [-0.39, 0.29) is 0 Å². The van der Waals surface area contributed by atoms with Gasteiger partial charge in [-0.05, 0) is 31.4 Å². The van der Waals surface area contributed by atoms with Crippen molar-refractivity contribution in [2.75, 3.05) is 0 Å². The number of rotatable bonds is 3. The summed E-state index contributed by atoms with van der Waals surface area (Å²) in [6.07, 6.45) is -2.90. The lowest BCUT2D eigenvalue weighted by Crippen LogP contribution is -2.21. The van der Waals surface area contributed by atoms with Crippen LogP contribution in [0.3, 0.4) is 0 Å². The normalized spacial score (nSPS) is 19.8. The van der Waals surface area contributed by atoms with Crippen molar-refractivity contribution in [2.24, 2.45) is 5.18 Å². The van der Waals surface area contributed by atoms with Gasteiger partial charge in [-0.15, -0.1) is 0 Å². The molecule has 0 heterocycles. The van der Waals surface area contributed by atoms with Crippen LogP contribution in [-0.4, -0.2) is 6.04 Å². The molecular weight excluding hydrogens is 231 g/mol. The first-order valence-corrected chi connectivity index (χ1v) is 5.40. The van der Waals surface area contributed by atoms with Crippen molar-refractivity contribution in [3.8, 4) is 0 Å². The highest BCUT2D eigenvalue weighted by atomic mass is 19.4. The SMILES string of the molecule is CC(N=O)C1(c2cccc(C(F)(F)F)c2)CC1. The highest BCUT2D eigenvalue weighted by Crippen LogP contribution is 2.52. The maximum Gasteiger partial charge on any atom is 0.416 e. The van der Waals surface area contributed by atoms with E-state index in [1.165, 1.54) is 6.07 Å². The second kappa shape index (κ2) is 3.82. The highest BCUT2D eigenvalue weighted by Gasteiger charge is 2.50. The summed E-state index contributed by atoms with van der Waals surface area (Å²) in [5.41, 5.74) is -0.568. The van der Waals surface area contributed by atoms with Crippen molar-refractivity contribution in [1.29, 1.82) is 0 Å². The Bertz CT molecular complexity index is 438. The average molecular weight is 243 g/mol. The number of hydrogen-bond acceptors (Lipinski definition) is 2. The summed E-state index contributed by atoms with van der Waals surface area (Å²) in [5, 5.41) is 2.96. The van der Waals surface area contributed by atoms with Crippen LogP contribution in [0, 0.1) is 4.91 Å². The van der Waals surface area contributed by atoms with Gasteiger partial charge in [0.15, 0.2) is 0 Å². The maximum atomic E-state index is 12.6. The van der Waals surface area contributed by atoms with E-state index < -0.39 is 23.2 Å². The minimum Gasteiger partial charge on any atom is -0.166 e. The first-order chi connectivity index (χ1) is 7.90. The smallest absolute Gasteiger partial charge is 0.166 e. The molecule has 0 N–H and O–H groups in total. The molecule has 0 aliphatic heterocycles. The summed E-state index contributed by atoms with van der Waals surface area (Å²) in [6, 6.07) is 4.72. The van der Waals surface area contributed by atoms with E-state index in [9.17, 15) is 18.1 Å². The topological polar surface area (TPSA) is 29.4 Å². The monoisotopic (exact) mass is 243 g/mol. The van der Waals surface area contributed by atoms with Gasteiger partial charge in [-0.3, -0.25) is 0 Å². The lowest BCUT2D eigenvalue weighted by atomic mass is 9.88. The van der Waals surface area contributed by atoms with E-state index in [1.807, 2.05) is 0 Å². The molecule has 17 heavy (non-hydrogen) atoms. The van der Waals surface area contributed by atoms with Crippen molar-refractivity contribution in [3.05, 3.63) is 40.3 Å². The van der Waals surface area contributed by atoms with Gasteiger partial charge in [0.25, 0.3) is 0 Å². The molecule has 1 aromatic rings. The Morgan fingerprint density at radius 3 is 2.47 bits per heavy atom. The lowest BCUT2D eigenvalue weighted by Gasteiger charge is -2.19. The van der Waals surface area contributed by atoms with Gasteiger partial charge < -0.3 is 0 Å². The molecule has 2 nitrogen and oxygen atoms in total. The highest BCUT2D eigenvalue weighted by molar-refractivity contribution is 5.37. The van der Waals surface area contributed by atoms with Gasteiger partial charge in [-0.2, -0.15) is 18.1 Å². The van der Waals surface area contributed by atoms with E-state index >= 15 is 0 Å². The van der Waals surface area contributed by atoms with Crippen molar-refractivity contribution >= 4 is 0 Å². The van der Waals surface area contributed by atoms with E-state index in [2.05, 4.69) is 5.18 Å². The van der Waals surface area contributed by atoms with Crippen LogP contribution in [0.2, 0.25) is 0 Å². The third-order valence-electron chi connectivity index (χ3n) is 3.51. The predicted octanol–water partition coefficient (Wildman–Crippen LogP) is 3.89. The van der Waals surface area contributed by atoms with Gasteiger partial charge in [0, 0.05) is 5.41 Å². The van der Waals surface area contributed by atoms with Gasteiger partial charge in [0.05, 0.1) is 11.6 Å². The summed E-state index contributed by atoms with van der Waals surface area (Å²) in [5.74, 6) is 0. The summed E-state index contributed by atoms with van der Waals surface area (Å²) >= 11 is 0. The van der Waals surface area contributed by atoms with Crippen molar-refractivity contribution < 1.29 is 13.2 Å². The molecule has 1 aliphatic rings. The second-order valence-corrected chi connectivity index (χ2v) is 4.52. The van der Waals surface area contributed by atoms with Crippen LogP contribution in [0.4, 0.5) is 13.2 Å². The minimum absolute atomic E-state index is 0.469. The van der Waals surface area contributed by atoms with E-state index in [0.29, 0.717) is 5.56 Å². The number of benzene rings is 1. The number of hydrogen-bond donors (Lipinski definition) is 0. The van der Waals surface area contributed by atoms with Crippen LogP contribution in [0.25, 0.3) is 0 Å². The van der Waals surface area contributed by atoms with Gasteiger partial charge in [0.2, 0.25) is 0 Å². The molecule has 0 spiro atoms. The molecular formula is C12H12F3NO. The zero-order valence-electron chi connectivity index (χ0n) is 9.29. The quantitative estimate of drug-likeness (QED) is 0.740. The fraction of sp³-hybridized carbons (Fsp3) is 0.500. The Balaban J connectivity index is 2.38. The standard InChI is InChI=1S/C12H12F3NO/c1-8(16-17)11(5-6-11)9-3-2-4-10(7-9)12(13,14)15/h2-4,7-8H,5-6H2,1H3. The van der Waals surface area contributed by atoms with Crippen LogP contribution in [0.5, 0.6) is 0 Å². The van der Waals surface area contributed by atoms with Gasteiger partial charge in [-0.1, -0.05) is 23.4 Å². The molecule has 0 bridgehead atoms. The molecule has 1 aromatic carbocycles. The summed E-state index contributed by atoms with van der Waals surface area (Å²) in [7, 11) is 0. The first-order valence-electron chi connectivity index (χ1n) is 5.40. The van der Waals surface area contributed by atoms with Crippen molar-refractivity contribution in [2.45, 2.75) is 37.4 Å². The lowest BCUT2D eigenvalue weighted by molar-refractivity contribution is -0.137. The Labute approximate surface area is 96.8 Å². The van der Waals surface area contributed by atoms with Crippen LogP contribution >= 0.6 is 0 Å². The third kappa shape index (κ3) is 2.06. The summed E-state index contributed by atoms with van der Waals surface area (Å²) in [6.45, 7) is 1.65. The number of alkyl halides is 3. The second-order valence-electron chi connectivity index (χ2n) is 4.52. The third-order valence-corrected chi connectivity index (χ3v) is 3.51. The largest absolute Gasteiger partial charge is 0.416 e. The van der Waals surface area contributed by atoms with Gasteiger partial charge in [-0.25, -0.2) is 0 Å². The fourth-order valence-electron chi connectivity index (χ4n) is 2.19. The van der Waals surface area contributed by atoms with Crippen LogP contribution in [0.15, 0.2) is 29.4 Å². The first kappa shape index (κ1) is 12.1. The van der Waals surface area contributed by atoms with Crippen LogP contribution in [0.1, 0.15) is 30.9 Å². The molecule has 0 aromatic heterocycles. The molecule has 1 atom stereocenters. The molecule has 1 aliphatic carbocycles. The summed E-state index contributed by atoms with van der Waals surface area (Å²) in [4.78, 5) is 10.6. The minimum atomic E-state index is -4.34. The molecule has 0 radical (unpaired) electrons. The van der Waals surface area contributed by atoms with Gasteiger partial charge >= 0.3 is 6.18 Å². The maximum absolute atomic E-state index is 12.6. The molecule has 0 saturated heterocycles. The van der Waals surface area contributed by atoms with E-state index in [1.54, 1.807) is 13.0 Å². The van der Waals surface area contributed by atoms with Crippen LogP contribution < -0.4 is 0 Å². The molecule has 1 saturated carbocycles. The summed E-state index contributed by atoms with van der Waals surface area (Å²) < 4.78 is 37.7. The molecule has 92 valence electrons.